The van der Waals surface area contributed by atoms with Crippen molar-refractivity contribution in [2.45, 2.75) is 29.4 Å². The second kappa shape index (κ2) is 11.1. The van der Waals surface area contributed by atoms with Crippen molar-refractivity contribution in [2.75, 3.05) is 6.54 Å². The van der Waals surface area contributed by atoms with Gasteiger partial charge < -0.3 is 20.3 Å². The minimum absolute atomic E-state index is 0.0452. The zero-order valence-electron chi connectivity index (χ0n) is 18.7. The fraction of sp³-hybridized carbons (Fsp3) is 0.238. The number of nitrogens with two attached hydrogens (primary N) is 1. The molecule has 4 rings (SSSR count). The van der Waals surface area contributed by atoms with Crippen molar-refractivity contribution >= 4 is 39.1 Å². The Labute approximate surface area is 212 Å². The summed E-state index contributed by atoms with van der Waals surface area (Å²) >= 11 is 1.06. The predicted octanol–water partition coefficient (Wildman–Crippen LogP) is 2.40. The molecule has 1 amide bonds. The van der Waals surface area contributed by atoms with E-state index in [9.17, 15) is 26.4 Å². The number of aromatic nitrogens is 1. The van der Waals surface area contributed by atoms with Crippen LogP contribution in [0.15, 0.2) is 57.5 Å². The Hall–Kier alpha value is -3.76. The summed E-state index contributed by atoms with van der Waals surface area (Å²) in [5, 5.41) is 18.5. The van der Waals surface area contributed by atoms with E-state index in [2.05, 4.69) is 9.88 Å². The molecule has 0 aliphatic carbocycles. The van der Waals surface area contributed by atoms with Crippen molar-refractivity contribution in [1.29, 1.82) is 5.41 Å². The summed E-state index contributed by atoms with van der Waals surface area (Å²) in [7, 11) is -3.84. The summed E-state index contributed by atoms with van der Waals surface area (Å²) < 4.78 is 64.7. The normalized spacial score (nSPS) is 15.8. The Bertz CT molecular complexity index is 1390. The number of carboxylic acids is 1. The monoisotopic (exact) mass is 559 g/mol. The topological polar surface area (TPSA) is 180 Å². The molecule has 1 fully saturated rings. The van der Waals surface area contributed by atoms with Crippen molar-refractivity contribution in [3.05, 3.63) is 59.9 Å². The number of carbonyl (C=O) groups excluding carboxylic acids is 1. The molecule has 3 aromatic rings. The van der Waals surface area contributed by atoms with E-state index in [1.165, 1.54) is 12.3 Å². The molecule has 3 heterocycles. The SMILES string of the molecule is N=C(N)c1cccc(CN2CCC(NS(=O)(=O)c3ccc(-c4ccon4)s3)C2=O)c1.O=C(O)C(F)(F)F. The molecule has 0 radical (unpaired) electrons. The van der Waals surface area contributed by atoms with E-state index in [0.29, 0.717) is 35.6 Å². The summed E-state index contributed by atoms with van der Waals surface area (Å²) in [4.78, 5) is 23.9. The Kier molecular flexibility index (Phi) is 8.35. The molecule has 1 unspecified atom stereocenters. The molecule has 0 spiro atoms. The maximum atomic E-state index is 12.7. The highest BCUT2D eigenvalue weighted by Crippen LogP contribution is 2.30. The molecule has 11 nitrogen and oxygen atoms in total. The highest BCUT2D eigenvalue weighted by Gasteiger charge is 2.38. The maximum Gasteiger partial charge on any atom is 0.490 e. The van der Waals surface area contributed by atoms with Crippen molar-refractivity contribution in [3.63, 3.8) is 0 Å². The van der Waals surface area contributed by atoms with Crippen molar-refractivity contribution < 1.29 is 40.8 Å². The van der Waals surface area contributed by atoms with Crippen LogP contribution in [0, 0.1) is 5.41 Å². The summed E-state index contributed by atoms with van der Waals surface area (Å²) in [5.74, 6) is -3.08. The predicted molar refractivity (Wildman–Crippen MR) is 125 cm³/mol. The zero-order valence-corrected chi connectivity index (χ0v) is 20.4. The lowest BCUT2D eigenvalue weighted by atomic mass is 10.1. The van der Waals surface area contributed by atoms with Crippen molar-refractivity contribution in [2.24, 2.45) is 5.73 Å². The number of carbonyl (C=O) groups is 2. The summed E-state index contributed by atoms with van der Waals surface area (Å²) in [6.07, 6.45) is -3.29. The number of alkyl halides is 3. The third-order valence-electron chi connectivity index (χ3n) is 4.99. The van der Waals surface area contributed by atoms with Crippen LogP contribution < -0.4 is 10.5 Å². The van der Waals surface area contributed by atoms with Crippen molar-refractivity contribution in [1.82, 2.24) is 14.8 Å². The van der Waals surface area contributed by atoms with Gasteiger partial charge in [0.05, 0.1) is 4.88 Å². The number of hydrogen-bond donors (Lipinski definition) is 4. The van der Waals surface area contributed by atoms with E-state index in [0.717, 1.165) is 16.9 Å². The minimum Gasteiger partial charge on any atom is -0.475 e. The molecule has 16 heteroatoms. The average molecular weight is 560 g/mol. The van der Waals surface area contributed by atoms with E-state index in [4.69, 9.17) is 25.6 Å². The standard InChI is InChI=1S/C19H19N5O4S2.C2HF3O2/c20-18(21)13-3-1-2-12(10-13)11-24-8-6-15(19(24)25)23-30(26,27)17-5-4-16(29-17)14-7-9-28-22-14;3-2(4,5)1(6)7/h1-5,7,9-10,15,23H,6,8,11H2,(H3,20,21);(H,6,7). The fourth-order valence-corrected chi connectivity index (χ4v) is 5.76. The van der Waals surface area contributed by atoms with Crippen molar-refractivity contribution in [3.8, 4) is 10.6 Å². The van der Waals surface area contributed by atoms with Crippen LogP contribution in [0.25, 0.3) is 10.6 Å². The van der Waals surface area contributed by atoms with Gasteiger partial charge in [-0.15, -0.1) is 11.3 Å². The van der Waals surface area contributed by atoms with Crippen LogP contribution in [-0.4, -0.2) is 60.1 Å². The number of halogens is 3. The fourth-order valence-electron chi connectivity index (χ4n) is 3.25. The lowest BCUT2D eigenvalue weighted by molar-refractivity contribution is -0.192. The molecule has 1 saturated heterocycles. The first-order valence-electron chi connectivity index (χ1n) is 10.3. The smallest absolute Gasteiger partial charge is 0.475 e. The quantitative estimate of drug-likeness (QED) is 0.252. The molecule has 37 heavy (non-hydrogen) atoms. The van der Waals surface area contributed by atoms with Gasteiger partial charge in [-0.1, -0.05) is 23.4 Å². The van der Waals surface area contributed by atoms with E-state index in [1.54, 1.807) is 35.2 Å². The number of nitrogen functional groups attached to an aromatic ring is 1. The first kappa shape index (κ1) is 27.8. The number of nitrogens with one attached hydrogen (secondary N) is 2. The van der Waals surface area contributed by atoms with Crippen LogP contribution in [-0.2, 0) is 26.2 Å². The van der Waals surface area contributed by atoms with Gasteiger partial charge in [-0.3, -0.25) is 10.2 Å². The Morgan fingerprint density at radius 1 is 1.30 bits per heavy atom. The van der Waals surface area contributed by atoms with E-state index < -0.39 is 28.2 Å². The molecule has 5 N–H and O–H groups in total. The number of aliphatic carboxylic acids is 1. The average Bonchev–Trinajstić information content (AvgIpc) is 3.57. The second-order valence-corrected chi connectivity index (χ2v) is 10.7. The Morgan fingerprint density at radius 3 is 2.59 bits per heavy atom. The Morgan fingerprint density at radius 2 is 2.00 bits per heavy atom. The van der Waals surface area contributed by atoms with Gasteiger partial charge in [0.1, 0.15) is 28.0 Å². The van der Waals surface area contributed by atoms with Gasteiger partial charge >= 0.3 is 12.1 Å². The lowest BCUT2D eigenvalue weighted by Gasteiger charge is -2.17. The van der Waals surface area contributed by atoms with Crippen LogP contribution in [0.5, 0.6) is 0 Å². The van der Waals surface area contributed by atoms with Gasteiger partial charge in [0, 0.05) is 24.7 Å². The molecular weight excluding hydrogens is 539 g/mol. The first-order chi connectivity index (χ1) is 17.3. The van der Waals surface area contributed by atoms with Crippen LogP contribution >= 0.6 is 11.3 Å². The highest BCUT2D eigenvalue weighted by molar-refractivity contribution is 7.91. The summed E-state index contributed by atoms with van der Waals surface area (Å²) in [6.45, 7) is 0.762. The number of rotatable bonds is 7. The van der Waals surface area contributed by atoms with Gasteiger partial charge in [-0.05, 0) is 30.2 Å². The van der Waals surface area contributed by atoms with Crippen LogP contribution in [0.1, 0.15) is 17.5 Å². The molecule has 1 aromatic carbocycles. The van der Waals surface area contributed by atoms with E-state index >= 15 is 0 Å². The molecule has 1 aliphatic heterocycles. The number of amidine groups is 1. The second-order valence-electron chi connectivity index (χ2n) is 7.64. The minimum atomic E-state index is -5.08. The molecular formula is C21H20F3N5O6S2. The van der Waals surface area contributed by atoms with E-state index in [1.807, 2.05) is 6.07 Å². The molecule has 1 atom stereocenters. The highest BCUT2D eigenvalue weighted by atomic mass is 32.2. The largest absolute Gasteiger partial charge is 0.490 e. The number of thiophene rings is 1. The third-order valence-corrected chi connectivity index (χ3v) is 8.06. The number of nitrogens with zero attached hydrogens (tertiary/aromatic N) is 2. The number of amides is 1. The number of likely N-dealkylation sites (tertiary alicyclic amines) is 1. The van der Waals surface area contributed by atoms with E-state index in [-0.39, 0.29) is 16.0 Å². The lowest BCUT2D eigenvalue weighted by Crippen LogP contribution is -2.41. The number of benzene rings is 1. The number of carboxylic acid groups (broad SMARTS) is 1. The number of hydrogen-bond acceptors (Lipinski definition) is 8. The molecule has 198 valence electrons. The zero-order chi connectivity index (χ0) is 27.4. The molecule has 2 aromatic heterocycles. The van der Waals surface area contributed by atoms with Crippen LogP contribution in [0.4, 0.5) is 13.2 Å². The number of sulfonamides is 1. The van der Waals surface area contributed by atoms with Crippen LogP contribution in [0.3, 0.4) is 0 Å². The molecule has 0 saturated carbocycles. The molecule has 1 aliphatic rings. The van der Waals surface area contributed by atoms with Gasteiger partial charge in [-0.2, -0.15) is 17.9 Å². The maximum absolute atomic E-state index is 12.7. The first-order valence-corrected chi connectivity index (χ1v) is 12.6. The van der Waals surface area contributed by atoms with Gasteiger partial charge in [0.25, 0.3) is 10.0 Å². The Balaban J connectivity index is 0.000000479. The third kappa shape index (κ3) is 7.14. The van der Waals surface area contributed by atoms with Crippen LogP contribution in [0.2, 0.25) is 0 Å². The van der Waals surface area contributed by atoms with Gasteiger partial charge in [0.15, 0.2) is 0 Å². The summed E-state index contributed by atoms with van der Waals surface area (Å²) in [5.41, 5.74) is 7.48. The van der Waals surface area contributed by atoms with Gasteiger partial charge in [0.2, 0.25) is 5.91 Å². The molecule has 0 bridgehead atoms. The summed E-state index contributed by atoms with van der Waals surface area (Å²) in [6, 6.07) is 11.1. The van der Waals surface area contributed by atoms with Gasteiger partial charge in [-0.25, -0.2) is 13.2 Å².